The fourth-order valence-electron chi connectivity index (χ4n) is 4.25. The molecule has 1 aliphatic carbocycles. The highest BCUT2D eigenvalue weighted by Gasteiger charge is 2.21. The van der Waals surface area contributed by atoms with Crippen LogP contribution in [0.2, 0.25) is 0 Å². The Balaban J connectivity index is 0.00000274. The van der Waals surface area contributed by atoms with Crippen LogP contribution >= 0.6 is 0 Å². The first-order valence-corrected chi connectivity index (χ1v) is 11.5. The summed E-state index contributed by atoms with van der Waals surface area (Å²) in [6.07, 6.45) is 8.57. The number of aromatic nitrogens is 4. The van der Waals surface area contributed by atoms with Gasteiger partial charge in [0.25, 0.3) is 0 Å². The fourth-order valence-corrected chi connectivity index (χ4v) is 4.25. The molecule has 0 atom stereocenters. The van der Waals surface area contributed by atoms with Crippen molar-refractivity contribution < 1.29 is 10.6 Å². The van der Waals surface area contributed by atoms with Crippen molar-refractivity contribution in [3.05, 3.63) is 53.5 Å². The summed E-state index contributed by atoms with van der Waals surface area (Å²) in [6.45, 7) is 5.29. The number of piperidine rings is 1. The Hall–Kier alpha value is -3.13. The van der Waals surface area contributed by atoms with E-state index in [0.717, 1.165) is 59.4 Å². The lowest BCUT2D eigenvalue weighted by Gasteiger charge is -2.28. The van der Waals surface area contributed by atoms with Crippen LogP contribution in [0.3, 0.4) is 0 Å². The zero-order valence-corrected chi connectivity index (χ0v) is 19.3. The lowest BCUT2D eigenvalue weighted by molar-refractivity contribution is 0.110. The maximum absolute atomic E-state index is 13.8. The molecule has 5 rings (SSSR count). The third-order valence-corrected chi connectivity index (χ3v) is 6.11. The average Bonchev–Trinajstić information content (AvgIpc) is 3.21. The van der Waals surface area contributed by atoms with Gasteiger partial charge in [-0.2, -0.15) is 0 Å². The summed E-state index contributed by atoms with van der Waals surface area (Å²) in [5.41, 5.74) is 4.35. The Morgan fingerprint density at radius 1 is 1.15 bits per heavy atom. The zero-order valence-electron chi connectivity index (χ0n) is 19.3. The number of hydrogen-bond donors (Lipinski definition) is 1. The molecule has 3 heterocycles. The maximum Gasteiger partial charge on any atom is 0.233 e. The van der Waals surface area contributed by atoms with Gasteiger partial charge >= 0.3 is 0 Å². The van der Waals surface area contributed by atoms with Crippen molar-refractivity contribution in [1.29, 1.82) is 0 Å². The normalized spacial score (nSPS) is 17.2. The molecule has 8 heteroatoms. The van der Waals surface area contributed by atoms with Gasteiger partial charge in [-0.15, -0.1) is 0 Å². The molecule has 1 saturated heterocycles. The van der Waals surface area contributed by atoms with Crippen LogP contribution < -0.4 is 10.1 Å². The molecule has 7 nitrogen and oxygen atoms in total. The predicted molar refractivity (Wildman–Crippen MR) is 129 cm³/mol. The number of alkyl halides is 1. The standard InChI is InChI=1S/C25H29FN6O.H2/c1-25(2,26)15-29-24-28-13-19-18(5-7-20(19)31-24)16-4-6-21-22(12-16)30-23(14-27-21)33-17-8-10-32(3)11-9-17;/h4-6,12-14,17H,7-11,15H2,1-3H3,(H,28,29,31);1H. The fraction of sp³-hybridized carbons (Fsp3) is 0.440. The summed E-state index contributed by atoms with van der Waals surface area (Å²) < 4.78 is 19.9. The van der Waals surface area contributed by atoms with E-state index in [4.69, 9.17) is 9.72 Å². The Labute approximate surface area is 194 Å². The van der Waals surface area contributed by atoms with Crippen molar-refractivity contribution in [2.24, 2.45) is 0 Å². The van der Waals surface area contributed by atoms with E-state index in [1.807, 2.05) is 24.4 Å². The van der Waals surface area contributed by atoms with Gasteiger partial charge in [-0.1, -0.05) is 12.1 Å². The molecule has 0 spiro atoms. The first-order valence-electron chi connectivity index (χ1n) is 11.5. The first-order chi connectivity index (χ1) is 15.8. The molecule has 0 saturated carbocycles. The summed E-state index contributed by atoms with van der Waals surface area (Å²) in [5.74, 6) is 1.03. The zero-order chi connectivity index (χ0) is 23.0. The van der Waals surface area contributed by atoms with Crippen molar-refractivity contribution in [2.45, 2.75) is 44.9 Å². The number of nitrogens with zero attached hydrogens (tertiary/aromatic N) is 5. The molecular weight excluding hydrogens is 419 g/mol. The summed E-state index contributed by atoms with van der Waals surface area (Å²) in [5, 5.41) is 2.98. The molecule has 0 amide bonds. The van der Waals surface area contributed by atoms with Crippen molar-refractivity contribution in [1.82, 2.24) is 24.8 Å². The molecule has 2 aromatic heterocycles. The van der Waals surface area contributed by atoms with Crippen molar-refractivity contribution in [3.8, 4) is 5.88 Å². The Morgan fingerprint density at radius 2 is 1.97 bits per heavy atom. The van der Waals surface area contributed by atoms with E-state index < -0.39 is 5.67 Å². The van der Waals surface area contributed by atoms with E-state index in [2.05, 4.69) is 38.3 Å². The number of hydrogen-bond acceptors (Lipinski definition) is 7. The largest absolute Gasteiger partial charge is 0.473 e. The molecule has 33 heavy (non-hydrogen) atoms. The quantitative estimate of drug-likeness (QED) is 0.600. The van der Waals surface area contributed by atoms with Gasteiger partial charge in [0.2, 0.25) is 11.8 Å². The highest BCUT2D eigenvalue weighted by atomic mass is 19.1. The number of allylic oxidation sites excluding steroid dienone is 1. The van der Waals surface area contributed by atoms with E-state index in [-0.39, 0.29) is 14.1 Å². The van der Waals surface area contributed by atoms with Crippen LogP contribution in [0, 0.1) is 0 Å². The third-order valence-electron chi connectivity index (χ3n) is 6.11. The van der Waals surface area contributed by atoms with Gasteiger partial charge in [-0.25, -0.2) is 24.3 Å². The van der Waals surface area contributed by atoms with Crippen LogP contribution in [0.4, 0.5) is 10.3 Å². The van der Waals surface area contributed by atoms with Crippen LogP contribution in [0.1, 0.15) is 44.9 Å². The van der Waals surface area contributed by atoms with E-state index >= 15 is 0 Å². The summed E-state index contributed by atoms with van der Waals surface area (Å²) in [4.78, 5) is 20.6. The number of ether oxygens (including phenoxy) is 1. The molecule has 1 aromatic carbocycles. The van der Waals surface area contributed by atoms with Crippen LogP contribution in [-0.4, -0.2) is 63.3 Å². The summed E-state index contributed by atoms with van der Waals surface area (Å²) >= 11 is 0. The molecule has 3 aromatic rings. The molecule has 1 fully saturated rings. The number of rotatable bonds is 6. The minimum atomic E-state index is -1.33. The smallest absolute Gasteiger partial charge is 0.233 e. The van der Waals surface area contributed by atoms with Gasteiger partial charge in [-0.05, 0) is 57.0 Å². The molecule has 2 aliphatic rings. The minimum absolute atomic E-state index is 0. The molecule has 0 bridgehead atoms. The van der Waals surface area contributed by atoms with E-state index in [1.165, 1.54) is 13.8 Å². The van der Waals surface area contributed by atoms with Crippen LogP contribution in [-0.2, 0) is 6.42 Å². The molecular formula is C25H31FN6O. The Morgan fingerprint density at radius 3 is 2.76 bits per heavy atom. The van der Waals surface area contributed by atoms with Gasteiger partial charge < -0.3 is 15.0 Å². The lowest BCUT2D eigenvalue weighted by Crippen LogP contribution is -2.35. The van der Waals surface area contributed by atoms with Crippen LogP contribution in [0.15, 0.2) is 36.7 Å². The second kappa shape index (κ2) is 8.67. The SMILES string of the molecule is CN1CCC(Oc2cnc3ccc(C4=CCc5nc(NCC(C)(C)F)ncc54)cc3n2)CC1.[HH]. The van der Waals surface area contributed by atoms with Crippen molar-refractivity contribution in [2.75, 3.05) is 32.0 Å². The number of benzene rings is 1. The molecule has 0 radical (unpaired) electrons. The summed E-state index contributed by atoms with van der Waals surface area (Å²) in [7, 11) is 2.14. The highest BCUT2D eigenvalue weighted by Crippen LogP contribution is 2.33. The monoisotopic (exact) mass is 450 g/mol. The highest BCUT2D eigenvalue weighted by molar-refractivity contribution is 5.88. The second-order valence-corrected chi connectivity index (χ2v) is 9.48. The van der Waals surface area contributed by atoms with E-state index in [1.54, 1.807) is 6.20 Å². The third kappa shape index (κ3) is 4.95. The van der Waals surface area contributed by atoms with Gasteiger partial charge in [0, 0.05) is 32.7 Å². The topological polar surface area (TPSA) is 76.1 Å². The molecule has 0 unspecified atom stereocenters. The Bertz CT molecular complexity index is 1200. The van der Waals surface area contributed by atoms with Crippen molar-refractivity contribution >= 4 is 22.6 Å². The molecule has 174 valence electrons. The van der Waals surface area contributed by atoms with Gasteiger partial charge in [-0.3, -0.25) is 0 Å². The lowest BCUT2D eigenvalue weighted by atomic mass is 10.0. The van der Waals surface area contributed by atoms with E-state index in [0.29, 0.717) is 18.2 Å². The van der Waals surface area contributed by atoms with E-state index in [9.17, 15) is 4.39 Å². The predicted octanol–water partition coefficient (Wildman–Crippen LogP) is 4.29. The van der Waals surface area contributed by atoms with Gasteiger partial charge in [0.15, 0.2) is 0 Å². The maximum atomic E-state index is 13.8. The summed E-state index contributed by atoms with van der Waals surface area (Å²) in [6, 6.07) is 6.08. The van der Waals surface area contributed by atoms with Crippen LogP contribution in [0.5, 0.6) is 5.88 Å². The number of anilines is 1. The number of nitrogens with one attached hydrogen (secondary N) is 1. The second-order valence-electron chi connectivity index (χ2n) is 9.48. The number of halogens is 1. The van der Waals surface area contributed by atoms with Crippen molar-refractivity contribution in [3.63, 3.8) is 0 Å². The van der Waals surface area contributed by atoms with Crippen LogP contribution in [0.25, 0.3) is 16.6 Å². The Kier molecular flexibility index (Phi) is 5.70. The minimum Gasteiger partial charge on any atom is -0.473 e. The molecule has 1 N–H and O–H groups in total. The molecule has 1 aliphatic heterocycles. The van der Waals surface area contributed by atoms with Gasteiger partial charge in [0.05, 0.1) is 29.5 Å². The first kappa shape index (κ1) is 21.7. The average molecular weight is 451 g/mol. The number of fused-ring (bicyclic) bond motifs is 2. The number of likely N-dealkylation sites (tertiary alicyclic amines) is 1. The van der Waals surface area contributed by atoms with Gasteiger partial charge in [0.1, 0.15) is 11.8 Å².